The molecule has 1 aliphatic rings. The number of hydrogen-bond acceptors (Lipinski definition) is 2. The van der Waals surface area contributed by atoms with E-state index in [4.69, 9.17) is 6.42 Å². The van der Waals surface area contributed by atoms with Crippen molar-refractivity contribution < 1.29 is 14.7 Å². The normalized spacial score (nSPS) is 18.9. The molecule has 0 aromatic heterocycles. The van der Waals surface area contributed by atoms with Crippen molar-refractivity contribution >= 4 is 12.0 Å². The van der Waals surface area contributed by atoms with Crippen LogP contribution < -0.4 is 10.6 Å². The number of aliphatic carboxylic acids is 1. The number of carboxylic acids is 1. The minimum Gasteiger partial charge on any atom is -0.480 e. The number of terminal acetylenes is 1. The maximum atomic E-state index is 11.9. The highest BCUT2D eigenvalue weighted by atomic mass is 16.4. The van der Waals surface area contributed by atoms with Gasteiger partial charge in [-0.3, -0.25) is 0 Å². The van der Waals surface area contributed by atoms with Crippen LogP contribution in [-0.2, 0) is 4.79 Å². The van der Waals surface area contributed by atoms with E-state index in [1.165, 1.54) is 0 Å². The first-order valence-corrected chi connectivity index (χ1v) is 6.79. The van der Waals surface area contributed by atoms with Gasteiger partial charge in [0, 0.05) is 12.5 Å². The molecule has 0 spiro atoms. The summed E-state index contributed by atoms with van der Waals surface area (Å²) in [5, 5.41) is 14.7. The van der Waals surface area contributed by atoms with E-state index < -0.39 is 17.5 Å². The summed E-state index contributed by atoms with van der Waals surface area (Å²) in [5.74, 6) is 1.55. The van der Waals surface area contributed by atoms with E-state index >= 15 is 0 Å². The first kappa shape index (κ1) is 15.4. The topological polar surface area (TPSA) is 78.4 Å². The fourth-order valence-corrected chi connectivity index (χ4v) is 2.43. The first-order chi connectivity index (χ1) is 9.04. The van der Waals surface area contributed by atoms with E-state index in [9.17, 15) is 14.7 Å². The number of urea groups is 1. The van der Waals surface area contributed by atoms with Crippen LogP contribution in [0.4, 0.5) is 4.79 Å². The Labute approximate surface area is 114 Å². The quantitative estimate of drug-likeness (QED) is 0.665. The molecule has 1 rings (SSSR count). The maximum absolute atomic E-state index is 11.9. The van der Waals surface area contributed by atoms with Crippen LogP contribution in [0, 0.1) is 12.3 Å². The van der Waals surface area contributed by atoms with Gasteiger partial charge in [-0.25, -0.2) is 9.59 Å². The second kappa shape index (κ2) is 7.03. The second-order valence-electron chi connectivity index (χ2n) is 5.06. The predicted molar refractivity (Wildman–Crippen MR) is 72.6 cm³/mol. The zero-order valence-corrected chi connectivity index (χ0v) is 11.4. The Morgan fingerprint density at radius 2 is 2.00 bits per heavy atom. The van der Waals surface area contributed by atoms with Crippen LogP contribution in [0.1, 0.15) is 51.9 Å². The van der Waals surface area contributed by atoms with Gasteiger partial charge in [0.15, 0.2) is 0 Å². The van der Waals surface area contributed by atoms with Crippen LogP contribution in [0.3, 0.4) is 0 Å². The fraction of sp³-hybridized carbons (Fsp3) is 0.714. The average Bonchev–Trinajstić information content (AvgIpc) is 2.39. The molecule has 3 N–H and O–H groups in total. The lowest BCUT2D eigenvalue weighted by Gasteiger charge is -2.34. The summed E-state index contributed by atoms with van der Waals surface area (Å²) in [6, 6.07) is -0.550. The molecule has 5 nitrogen and oxygen atoms in total. The monoisotopic (exact) mass is 266 g/mol. The molecule has 0 aromatic rings. The van der Waals surface area contributed by atoms with Crippen LogP contribution in [0.2, 0.25) is 0 Å². The molecule has 19 heavy (non-hydrogen) atoms. The number of amides is 2. The molecule has 1 saturated carbocycles. The first-order valence-electron chi connectivity index (χ1n) is 6.79. The molecule has 0 aromatic carbocycles. The lowest BCUT2D eigenvalue weighted by Crippen LogP contribution is -2.59. The fourth-order valence-electron chi connectivity index (χ4n) is 2.43. The molecular weight excluding hydrogens is 244 g/mol. The van der Waals surface area contributed by atoms with E-state index in [0.29, 0.717) is 19.3 Å². The maximum Gasteiger partial charge on any atom is 0.329 e. The highest BCUT2D eigenvalue weighted by Gasteiger charge is 2.41. The zero-order valence-electron chi connectivity index (χ0n) is 11.4. The van der Waals surface area contributed by atoms with Crippen molar-refractivity contribution in [3.63, 3.8) is 0 Å². The van der Waals surface area contributed by atoms with Crippen molar-refractivity contribution in [2.45, 2.75) is 63.5 Å². The summed E-state index contributed by atoms with van der Waals surface area (Å²) in [6.07, 6.45) is 10.0. The van der Waals surface area contributed by atoms with Crippen LogP contribution in [0.5, 0.6) is 0 Å². The summed E-state index contributed by atoms with van der Waals surface area (Å²) in [4.78, 5) is 23.3. The Hall–Kier alpha value is -1.70. The smallest absolute Gasteiger partial charge is 0.329 e. The van der Waals surface area contributed by atoms with Gasteiger partial charge in [-0.2, -0.15) is 0 Å². The minimum absolute atomic E-state index is 0.112. The molecule has 0 bridgehead atoms. The van der Waals surface area contributed by atoms with E-state index in [-0.39, 0.29) is 6.04 Å². The van der Waals surface area contributed by atoms with Gasteiger partial charge in [0.05, 0.1) is 0 Å². The van der Waals surface area contributed by atoms with Crippen LogP contribution >= 0.6 is 0 Å². The largest absolute Gasteiger partial charge is 0.480 e. The summed E-state index contributed by atoms with van der Waals surface area (Å²) in [5.41, 5.74) is -1.11. The van der Waals surface area contributed by atoms with Gasteiger partial charge in [0.2, 0.25) is 0 Å². The third kappa shape index (κ3) is 4.16. The Kier molecular flexibility index (Phi) is 5.68. The molecule has 1 unspecified atom stereocenters. The molecule has 106 valence electrons. The van der Waals surface area contributed by atoms with Crippen LogP contribution in [0.25, 0.3) is 0 Å². The predicted octanol–water partition coefficient (Wildman–Crippen LogP) is 1.87. The van der Waals surface area contributed by atoms with Gasteiger partial charge < -0.3 is 15.7 Å². The Balaban J connectivity index is 2.62. The van der Waals surface area contributed by atoms with Gasteiger partial charge >= 0.3 is 12.0 Å². The highest BCUT2D eigenvalue weighted by molar-refractivity contribution is 5.86. The van der Waals surface area contributed by atoms with Crippen molar-refractivity contribution in [2.24, 2.45) is 0 Å². The lowest BCUT2D eigenvalue weighted by molar-refractivity contribution is -0.145. The number of nitrogens with one attached hydrogen (secondary N) is 2. The number of carbonyl (C=O) groups is 2. The third-order valence-electron chi connectivity index (χ3n) is 3.66. The van der Waals surface area contributed by atoms with E-state index in [2.05, 4.69) is 16.6 Å². The van der Waals surface area contributed by atoms with E-state index in [1.807, 2.05) is 6.92 Å². The minimum atomic E-state index is -1.11. The Morgan fingerprint density at radius 3 is 2.47 bits per heavy atom. The number of rotatable bonds is 5. The summed E-state index contributed by atoms with van der Waals surface area (Å²) < 4.78 is 0. The highest BCUT2D eigenvalue weighted by Crippen LogP contribution is 2.28. The van der Waals surface area contributed by atoms with Gasteiger partial charge in [-0.15, -0.1) is 12.3 Å². The SMILES string of the molecule is C#CCC(CC)NC(=O)NC1(C(=O)O)CCCCC1. The van der Waals surface area contributed by atoms with Crippen LogP contribution in [0.15, 0.2) is 0 Å². The molecule has 5 heteroatoms. The standard InChI is InChI=1S/C14H22N2O3/c1-3-8-11(4-2)15-13(19)16-14(12(17)18)9-6-5-7-10-14/h1,11H,4-10H2,2H3,(H,17,18)(H2,15,16,19). The van der Waals surface area contributed by atoms with Gasteiger partial charge in [0.1, 0.15) is 5.54 Å². The molecule has 0 saturated heterocycles. The molecule has 1 aliphatic carbocycles. The Morgan fingerprint density at radius 1 is 1.37 bits per heavy atom. The van der Waals surface area contributed by atoms with Crippen molar-refractivity contribution in [1.82, 2.24) is 10.6 Å². The molecule has 1 atom stereocenters. The summed E-state index contributed by atoms with van der Waals surface area (Å²) in [7, 11) is 0. The number of carboxylic acid groups (broad SMARTS) is 1. The Bertz CT molecular complexity index is 367. The number of hydrogen-bond donors (Lipinski definition) is 3. The average molecular weight is 266 g/mol. The molecule has 0 aliphatic heterocycles. The van der Waals surface area contributed by atoms with Gasteiger partial charge in [0.25, 0.3) is 0 Å². The van der Waals surface area contributed by atoms with Crippen molar-refractivity contribution in [3.8, 4) is 12.3 Å². The lowest BCUT2D eigenvalue weighted by atomic mass is 9.82. The molecule has 0 radical (unpaired) electrons. The van der Waals surface area contributed by atoms with Crippen molar-refractivity contribution in [1.29, 1.82) is 0 Å². The summed E-state index contributed by atoms with van der Waals surface area (Å²) >= 11 is 0. The van der Waals surface area contributed by atoms with Crippen molar-refractivity contribution in [3.05, 3.63) is 0 Å². The summed E-state index contributed by atoms with van der Waals surface area (Å²) in [6.45, 7) is 1.93. The van der Waals surface area contributed by atoms with E-state index in [1.54, 1.807) is 0 Å². The number of carbonyl (C=O) groups excluding carboxylic acids is 1. The zero-order chi connectivity index (χ0) is 14.3. The molecule has 2 amide bonds. The van der Waals surface area contributed by atoms with Crippen LogP contribution in [-0.4, -0.2) is 28.7 Å². The van der Waals surface area contributed by atoms with E-state index in [0.717, 1.165) is 25.7 Å². The molecule has 0 heterocycles. The van der Waals surface area contributed by atoms with Gasteiger partial charge in [-0.1, -0.05) is 26.2 Å². The van der Waals surface area contributed by atoms with Gasteiger partial charge in [-0.05, 0) is 19.3 Å². The second-order valence-corrected chi connectivity index (χ2v) is 5.06. The van der Waals surface area contributed by atoms with Crippen molar-refractivity contribution in [2.75, 3.05) is 0 Å². The third-order valence-corrected chi connectivity index (χ3v) is 3.66. The molecular formula is C14H22N2O3. The molecule has 1 fully saturated rings.